The predicted octanol–water partition coefficient (Wildman–Crippen LogP) is 3.06. The SMILES string of the molecule is CCc1c(C(=O)N2CCC(C(=O)O)(C(C)C)C2)nnn1-c1cccc(Cl)c1. The highest BCUT2D eigenvalue weighted by Gasteiger charge is 2.49. The number of carbonyl (C=O) groups is 2. The summed E-state index contributed by atoms with van der Waals surface area (Å²) < 4.78 is 1.61. The van der Waals surface area contributed by atoms with Crippen molar-refractivity contribution in [2.24, 2.45) is 11.3 Å². The molecule has 1 N–H and O–H groups in total. The van der Waals surface area contributed by atoms with Crippen molar-refractivity contribution >= 4 is 23.5 Å². The van der Waals surface area contributed by atoms with Gasteiger partial charge in [0.15, 0.2) is 5.69 Å². The van der Waals surface area contributed by atoms with Crippen molar-refractivity contribution in [3.8, 4) is 5.69 Å². The topological polar surface area (TPSA) is 88.3 Å². The van der Waals surface area contributed by atoms with Crippen molar-refractivity contribution in [3.05, 3.63) is 40.7 Å². The molecular weight excluding hydrogens is 368 g/mol. The van der Waals surface area contributed by atoms with E-state index < -0.39 is 11.4 Å². The van der Waals surface area contributed by atoms with E-state index in [0.717, 1.165) is 5.69 Å². The third kappa shape index (κ3) is 3.32. The average Bonchev–Trinajstić information content (AvgIpc) is 3.26. The number of carboxylic acids is 1. The second-order valence-electron chi connectivity index (χ2n) is 7.22. The molecule has 1 unspecified atom stereocenters. The van der Waals surface area contributed by atoms with Crippen LogP contribution < -0.4 is 0 Å². The van der Waals surface area contributed by atoms with E-state index in [1.54, 1.807) is 21.7 Å². The van der Waals surface area contributed by atoms with Crippen LogP contribution in [0.5, 0.6) is 0 Å². The summed E-state index contributed by atoms with van der Waals surface area (Å²) in [7, 11) is 0. The Balaban J connectivity index is 1.92. The van der Waals surface area contributed by atoms with E-state index in [2.05, 4.69) is 10.3 Å². The first kappa shape index (κ1) is 19.4. The number of carbonyl (C=O) groups excluding carboxylic acids is 1. The molecule has 8 heteroatoms. The monoisotopic (exact) mass is 390 g/mol. The number of rotatable bonds is 5. The Bertz CT molecular complexity index is 880. The molecule has 2 heterocycles. The predicted molar refractivity (Wildman–Crippen MR) is 101 cm³/mol. The molecule has 2 aromatic rings. The number of aromatic nitrogens is 3. The Kier molecular flexibility index (Phi) is 5.24. The van der Waals surface area contributed by atoms with Crippen LogP contribution in [0, 0.1) is 11.3 Å². The van der Waals surface area contributed by atoms with Gasteiger partial charge in [0, 0.05) is 18.1 Å². The fraction of sp³-hybridized carbons (Fsp3) is 0.474. The summed E-state index contributed by atoms with van der Waals surface area (Å²) in [6, 6.07) is 7.18. The van der Waals surface area contributed by atoms with Gasteiger partial charge in [-0.1, -0.05) is 43.7 Å². The van der Waals surface area contributed by atoms with Crippen LogP contribution in [0.15, 0.2) is 24.3 Å². The van der Waals surface area contributed by atoms with E-state index in [9.17, 15) is 14.7 Å². The van der Waals surface area contributed by atoms with E-state index in [1.165, 1.54) is 0 Å². The maximum atomic E-state index is 13.1. The number of benzene rings is 1. The van der Waals surface area contributed by atoms with Crippen LogP contribution in [0.3, 0.4) is 0 Å². The van der Waals surface area contributed by atoms with Crippen LogP contribution in [0.4, 0.5) is 0 Å². The molecule has 0 radical (unpaired) electrons. The van der Waals surface area contributed by atoms with Gasteiger partial charge < -0.3 is 10.0 Å². The van der Waals surface area contributed by atoms with Crippen molar-refractivity contribution in [1.82, 2.24) is 19.9 Å². The van der Waals surface area contributed by atoms with Gasteiger partial charge in [0.05, 0.1) is 16.8 Å². The molecule has 0 saturated carbocycles. The van der Waals surface area contributed by atoms with E-state index in [-0.39, 0.29) is 24.1 Å². The molecule has 144 valence electrons. The second kappa shape index (κ2) is 7.31. The normalized spacial score (nSPS) is 19.7. The first-order valence-corrected chi connectivity index (χ1v) is 9.41. The van der Waals surface area contributed by atoms with Gasteiger partial charge >= 0.3 is 5.97 Å². The quantitative estimate of drug-likeness (QED) is 0.847. The first-order chi connectivity index (χ1) is 12.8. The minimum atomic E-state index is -0.912. The van der Waals surface area contributed by atoms with Gasteiger partial charge in [0.1, 0.15) is 0 Å². The minimum Gasteiger partial charge on any atom is -0.481 e. The highest BCUT2D eigenvalue weighted by molar-refractivity contribution is 6.30. The molecular formula is C19H23ClN4O3. The lowest BCUT2D eigenvalue weighted by atomic mass is 9.76. The van der Waals surface area contributed by atoms with Crippen molar-refractivity contribution in [2.75, 3.05) is 13.1 Å². The molecule has 1 amide bonds. The smallest absolute Gasteiger partial charge is 0.311 e. The Labute approximate surface area is 162 Å². The molecule has 1 aromatic carbocycles. The number of hydrogen-bond acceptors (Lipinski definition) is 4. The molecule has 0 bridgehead atoms. The molecule has 1 fully saturated rings. The van der Waals surface area contributed by atoms with Crippen LogP contribution in [0.2, 0.25) is 5.02 Å². The molecule has 0 spiro atoms. The zero-order valence-corrected chi connectivity index (χ0v) is 16.4. The maximum Gasteiger partial charge on any atom is 0.311 e. The number of nitrogens with zero attached hydrogens (tertiary/aromatic N) is 4. The summed E-state index contributed by atoms with van der Waals surface area (Å²) >= 11 is 6.06. The number of likely N-dealkylation sites (tertiary alicyclic amines) is 1. The number of amides is 1. The summed E-state index contributed by atoms with van der Waals surface area (Å²) in [6.45, 7) is 6.28. The Morgan fingerprint density at radius 1 is 1.37 bits per heavy atom. The average molecular weight is 391 g/mol. The van der Waals surface area contributed by atoms with Crippen LogP contribution in [0.1, 0.15) is 43.4 Å². The van der Waals surface area contributed by atoms with Crippen LogP contribution in [-0.4, -0.2) is 50.0 Å². The highest BCUT2D eigenvalue weighted by Crippen LogP contribution is 2.38. The van der Waals surface area contributed by atoms with Gasteiger partial charge in [-0.2, -0.15) is 0 Å². The Hall–Kier alpha value is -2.41. The summed E-state index contributed by atoms with van der Waals surface area (Å²) in [5.41, 5.74) is 0.766. The minimum absolute atomic E-state index is 0.0689. The van der Waals surface area contributed by atoms with E-state index in [1.807, 2.05) is 32.9 Å². The van der Waals surface area contributed by atoms with Gasteiger partial charge in [-0.25, -0.2) is 4.68 Å². The van der Waals surface area contributed by atoms with Crippen molar-refractivity contribution in [3.63, 3.8) is 0 Å². The molecule has 1 aliphatic rings. The summed E-state index contributed by atoms with van der Waals surface area (Å²) in [5.74, 6) is -1.20. The summed E-state index contributed by atoms with van der Waals surface area (Å²) in [5, 5.41) is 18.5. The molecule has 27 heavy (non-hydrogen) atoms. The van der Waals surface area contributed by atoms with Crippen LogP contribution >= 0.6 is 11.6 Å². The fourth-order valence-corrected chi connectivity index (χ4v) is 3.83. The van der Waals surface area contributed by atoms with Crippen LogP contribution in [0.25, 0.3) is 5.69 Å². The molecule has 0 aliphatic carbocycles. The number of carboxylic acid groups (broad SMARTS) is 1. The second-order valence-corrected chi connectivity index (χ2v) is 7.66. The van der Waals surface area contributed by atoms with Gasteiger partial charge in [-0.15, -0.1) is 5.10 Å². The number of aliphatic carboxylic acids is 1. The molecule has 1 saturated heterocycles. The summed E-state index contributed by atoms with van der Waals surface area (Å²) in [4.78, 5) is 26.5. The van der Waals surface area contributed by atoms with E-state index in [4.69, 9.17) is 11.6 Å². The van der Waals surface area contributed by atoms with Crippen LogP contribution in [-0.2, 0) is 11.2 Å². The lowest BCUT2D eigenvalue weighted by molar-refractivity contribution is -0.150. The molecule has 3 rings (SSSR count). The third-order valence-corrected chi connectivity index (χ3v) is 5.71. The largest absolute Gasteiger partial charge is 0.481 e. The van der Waals surface area contributed by atoms with Gasteiger partial charge in [-0.05, 0) is 37.0 Å². The lowest BCUT2D eigenvalue weighted by Gasteiger charge is -2.28. The molecule has 1 aliphatic heterocycles. The van der Waals surface area contributed by atoms with Crippen molar-refractivity contribution in [1.29, 1.82) is 0 Å². The Morgan fingerprint density at radius 2 is 2.11 bits per heavy atom. The van der Waals surface area contributed by atoms with Gasteiger partial charge in [0.25, 0.3) is 5.91 Å². The van der Waals surface area contributed by atoms with E-state index >= 15 is 0 Å². The Morgan fingerprint density at radius 3 is 2.67 bits per heavy atom. The fourth-order valence-electron chi connectivity index (χ4n) is 3.65. The molecule has 1 aromatic heterocycles. The summed E-state index contributed by atoms with van der Waals surface area (Å²) in [6.07, 6.45) is 0.998. The van der Waals surface area contributed by atoms with Gasteiger partial charge in [0.2, 0.25) is 0 Å². The maximum absolute atomic E-state index is 13.1. The lowest BCUT2D eigenvalue weighted by Crippen LogP contribution is -2.40. The number of halogens is 1. The zero-order valence-electron chi connectivity index (χ0n) is 15.6. The first-order valence-electron chi connectivity index (χ1n) is 9.03. The third-order valence-electron chi connectivity index (χ3n) is 5.47. The van der Waals surface area contributed by atoms with Crippen molar-refractivity contribution in [2.45, 2.75) is 33.6 Å². The van der Waals surface area contributed by atoms with Crippen molar-refractivity contribution < 1.29 is 14.7 Å². The van der Waals surface area contributed by atoms with Gasteiger partial charge in [-0.3, -0.25) is 9.59 Å². The zero-order chi connectivity index (χ0) is 19.8. The molecule has 7 nitrogen and oxygen atoms in total. The highest BCUT2D eigenvalue weighted by atomic mass is 35.5. The molecule has 1 atom stereocenters. The standard InChI is InChI=1S/C19H23ClN4O3/c1-4-15-16(21-22-24(15)14-7-5-6-13(20)10-14)17(25)23-9-8-19(11-23,12(2)3)18(26)27/h5-7,10,12H,4,8-9,11H2,1-3H3,(H,26,27). The number of hydrogen-bond donors (Lipinski definition) is 1. The van der Waals surface area contributed by atoms with E-state index in [0.29, 0.717) is 30.1 Å².